The Morgan fingerprint density at radius 3 is 2.71 bits per heavy atom. The highest BCUT2D eigenvalue weighted by Gasteiger charge is 2.15. The number of hydrogen-bond acceptors (Lipinski definition) is 4. The molecule has 6 heteroatoms. The zero-order valence-electron chi connectivity index (χ0n) is 9.74. The minimum Gasteiger partial charge on any atom is -0.394 e. The number of aliphatic hydroxyl groups excluding tert-OH is 1. The number of nitro groups is 1. The fraction of sp³-hybridized carbons (Fsp3) is 0.455. The molecule has 5 nitrogen and oxygen atoms in total. The Kier molecular flexibility index (Phi) is 4.72. The maximum atomic E-state index is 10.7. The first-order chi connectivity index (χ1) is 7.99. The van der Waals surface area contributed by atoms with Crippen LogP contribution in [0.15, 0.2) is 12.1 Å². The summed E-state index contributed by atoms with van der Waals surface area (Å²) in [5, 5.41) is 23.1. The summed E-state index contributed by atoms with van der Waals surface area (Å²) >= 11 is 5.95. The highest BCUT2D eigenvalue weighted by atomic mass is 35.5. The Balaban J connectivity index is 3.03. The van der Waals surface area contributed by atoms with E-state index in [0.29, 0.717) is 11.3 Å². The van der Waals surface area contributed by atoms with Crippen molar-refractivity contribution >= 4 is 23.0 Å². The van der Waals surface area contributed by atoms with Crippen LogP contribution in [0.25, 0.3) is 0 Å². The molecule has 0 radical (unpaired) electrons. The van der Waals surface area contributed by atoms with Crippen molar-refractivity contribution in [2.45, 2.75) is 26.3 Å². The number of rotatable bonds is 5. The van der Waals surface area contributed by atoms with Crippen molar-refractivity contribution in [2.24, 2.45) is 0 Å². The minimum absolute atomic E-state index is 0.00223. The average Bonchev–Trinajstić information content (AvgIpc) is 2.29. The monoisotopic (exact) mass is 258 g/mol. The molecule has 1 rings (SSSR count). The summed E-state index contributed by atoms with van der Waals surface area (Å²) in [7, 11) is 0. The maximum absolute atomic E-state index is 10.7. The van der Waals surface area contributed by atoms with Crippen LogP contribution in [0.2, 0.25) is 5.02 Å². The van der Waals surface area contributed by atoms with Gasteiger partial charge in [-0.25, -0.2) is 0 Å². The van der Waals surface area contributed by atoms with Crippen LogP contribution in [-0.2, 0) is 0 Å². The summed E-state index contributed by atoms with van der Waals surface area (Å²) in [6.07, 6.45) is 0.739. The zero-order valence-corrected chi connectivity index (χ0v) is 10.5. The van der Waals surface area contributed by atoms with Crippen molar-refractivity contribution in [1.82, 2.24) is 0 Å². The molecule has 0 heterocycles. The summed E-state index contributed by atoms with van der Waals surface area (Å²) in [5.41, 5.74) is 1.14. The predicted octanol–water partition coefficient (Wildman–Crippen LogP) is 2.74. The van der Waals surface area contributed by atoms with Crippen LogP contribution in [0.5, 0.6) is 0 Å². The Morgan fingerprint density at radius 1 is 1.59 bits per heavy atom. The van der Waals surface area contributed by atoms with Gasteiger partial charge in [0.05, 0.1) is 22.2 Å². The smallest absolute Gasteiger partial charge is 0.273 e. The molecule has 94 valence electrons. The van der Waals surface area contributed by atoms with E-state index in [0.717, 1.165) is 6.42 Å². The molecule has 0 bridgehead atoms. The first-order valence-electron chi connectivity index (χ1n) is 5.31. The number of nitrogens with zero attached hydrogens (tertiary/aromatic N) is 1. The Hall–Kier alpha value is -1.33. The molecule has 17 heavy (non-hydrogen) atoms. The lowest BCUT2D eigenvalue weighted by Crippen LogP contribution is -2.22. The van der Waals surface area contributed by atoms with E-state index in [2.05, 4.69) is 5.32 Å². The lowest BCUT2D eigenvalue weighted by Gasteiger charge is -2.17. The second-order valence-electron chi connectivity index (χ2n) is 3.81. The van der Waals surface area contributed by atoms with Gasteiger partial charge in [-0.05, 0) is 19.4 Å². The molecule has 0 spiro atoms. The quantitative estimate of drug-likeness (QED) is 0.629. The van der Waals surface area contributed by atoms with Gasteiger partial charge in [-0.1, -0.05) is 18.5 Å². The number of aliphatic hydroxyl groups is 1. The van der Waals surface area contributed by atoms with E-state index in [1.807, 2.05) is 6.92 Å². The van der Waals surface area contributed by atoms with E-state index in [1.54, 1.807) is 13.0 Å². The molecule has 0 saturated carbocycles. The molecule has 0 aliphatic carbocycles. The number of nitro benzene ring substituents is 1. The molecular weight excluding hydrogens is 244 g/mol. The summed E-state index contributed by atoms with van der Waals surface area (Å²) in [6.45, 7) is 3.57. The standard InChI is InChI=1S/C11H15ClN2O3/c1-3-8(6-15)13-10-4-7(2)11(14(16)17)5-9(10)12/h4-5,8,13,15H,3,6H2,1-2H3/t8-/m1/s1. The Morgan fingerprint density at radius 2 is 2.24 bits per heavy atom. The third-order valence-electron chi connectivity index (χ3n) is 2.56. The van der Waals surface area contributed by atoms with Gasteiger partial charge in [-0.3, -0.25) is 10.1 Å². The van der Waals surface area contributed by atoms with Gasteiger partial charge >= 0.3 is 0 Å². The number of benzene rings is 1. The third kappa shape index (κ3) is 3.31. The average molecular weight is 259 g/mol. The number of hydrogen-bond donors (Lipinski definition) is 2. The van der Waals surface area contributed by atoms with Gasteiger partial charge in [0.1, 0.15) is 0 Å². The second-order valence-corrected chi connectivity index (χ2v) is 4.21. The first kappa shape index (κ1) is 13.7. The van der Waals surface area contributed by atoms with E-state index in [4.69, 9.17) is 16.7 Å². The summed E-state index contributed by atoms with van der Waals surface area (Å²) in [6, 6.07) is 2.84. The van der Waals surface area contributed by atoms with Crippen molar-refractivity contribution in [2.75, 3.05) is 11.9 Å². The number of anilines is 1. The third-order valence-corrected chi connectivity index (χ3v) is 2.87. The van der Waals surface area contributed by atoms with Crippen LogP contribution in [0.1, 0.15) is 18.9 Å². The molecule has 1 atom stereocenters. The molecular formula is C11H15ClN2O3. The van der Waals surface area contributed by atoms with Crippen molar-refractivity contribution in [1.29, 1.82) is 0 Å². The fourth-order valence-electron chi connectivity index (χ4n) is 1.48. The molecule has 2 N–H and O–H groups in total. The summed E-state index contributed by atoms with van der Waals surface area (Å²) in [5.74, 6) is 0. The lowest BCUT2D eigenvalue weighted by atomic mass is 10.1. The largest absolute Gasteiger partial charge is 0.394 e. The fourth-order valence-corrected chi connectivity index (χ4v) is 1.69. The van der Waals surface area contributed by atoms with Crippen LogP contribution >= 0.6 is 11.6 Å². The topological polar surface area (TPSA) is 75.4 Å². The van der Waals surface area contributed by atoms with Gasteiger partial charge in [0.25, 0.3) is 5.69 Å². The van der Waals surface area contributed by atoms with E-state index >= 15 is 0 Å². The number of aryl methyl sites for hydroxylation is 1. The molecule has 0 saturated heterocycles. The summed E-state index contributed by atoms with van der Waals surface area (Å²) in [4.78, 5) is 10.2. The van der Waals surface area contributed by atoms with E-state index in [9.17, 15) is 10.1 Å². The van der Waals surface area contributed by atoms with E-state index in [1.165, 1.54) is 6.07 Å². The Bertz CT molecular complexity index is 419. The molecule has 0 unspecified atom stereocenters. The molecule has 0 aliphatic heterocycles. The molecule has 1 aromatic carbocycles. The second kappa shape index (κ2) is 5.84. The molecule has 0 amide bonds. The number of nitrogens with one attached hydrogen (secondary N) is 1. The first-order valence-corrected chi connectivity index (χ1v) is 5.69. The van der Waals surface area contributed by atoms with Crippen LogP contribution in [-0.4, -0.2) is 22.7 Å². The van der Waals surface area contributed by atoms with Crippen LogP contribution in [0.4, 0.5) is 11.4 Å². The molecule has 0 aromatic heterocycles. The molecule has 0 aliphatic rings. The zero-order chi connectivity index (χ0) is 13.0. The normalized spacial score (nSPS) is 12.2. The number of halogens is 1. The van der Waals surface area contributed by atoms with E-state index < -0.39 is 4.92 Å². The van der Waals surface area contributed by atoms with Gasteiger partial charge in [0, 0.05) is 17.7 Å². The van der Waals surface area contributed by atoms with Crippen LogP contribution in [0.3, 0.4) is 0 Å². The van der Waals surface area contributed by atoms with Gasteiger partial charge in [0.15, 0.2) is 0 Å². The predicted molar refractivity (Wildman–Crippen MR) is 67.6 cm³/mol. The van der Waals surface area contributed by atoms with Crippen molar-refractivity contribution < 1.29 is 10.0 Å². The molecule has 1 aromatic rings. The SMILES string of the molecule is CC[C@H](CO)Nc1cc(C)c([N+](=O)[O-])cc1Cl. The van der Waals surface area contributed by atoms with Crippen molar-refractivity contribution in [3.63, 3.8) is 0 Å². The van der Waals surface area contributed by atoms with Gasteiger partial charge in [-0.2, -0.15) is 0 Å². The van der Waals surface area contributed by atoms with E-state index in [-0.39, 0.29) is 23.4 Å². The van der Waals surface area contributed by atoms with Gasteiger partial charge in [-0.15, -0.1) is 0 Å². The summed E-state index contributed by atoms with van der Waals surface area (Å²) < 4.78 is 0. The highest BCUT2D eigenvalue weighted by Crippen LogP contribution is 2.30. The van der Waals surface area contributed by atoms with Crippen LogP contribution < -0.4 is 5.32 Å². The minimum atomic E-state index is -0.464. The van der Waals surface area contributed by atoms with Gasteiger partial charge < -0.3 is 10.4 Å². The molecule has 0 fully saturated rings. The van der Waals surface area contributed by atoms with Crippen molar-refractivity contribution in [3.05, 3.63) is 32.8 Å². The lowest BCUT2D eigenvalue weighted by molar-refractivity contribution is -0.385. The maximum Gasteiger partial charge on any atom is 0.273 e. The van der Waals surface area contributed by atoms with Crippen LogP contribution in [0, 0.1) is 17.0 Å². The Labute approximate surface area is 105 Å². The van der Waals surface area contributed by atoms with Gasteiger partial charge in [0.2, 0.25) is 0 Å². The highest BCUT2D eigenvalue weighted by molar-refractivity contribution is 6.33. The van der Waals surface area contributed by atoms with Crippen molar-refractivity contribution in [3.8, 4) is 0 Å².